The van der Waals surface area contributed by atoms with Crippen LogP contribution in [-0.2, 0) is 21.4 Å². The van der Waals surface area contributed by atoms with E-state index in [9.17, 15) is 18.0 Å². The summed E-state index contributed by atoms with van der Waals surface area (Å²) >= 11 is 3.33. The molecule has 0 saturated carbocycles. The van der Waals surface area contributed by atoms with Crippen molar-refractivity contribution in [1.82, 2.24) is 14.1 Å². The first-order valence-electron chi connectivity index (χ1n) is 12.3. The Morgan fingerprint density at radius 1 is 0.895 bits per heavy atom. The van der Waals surface area contributed by atoms with Crippen LogP contribution in [-0.4, -0.2) is 74.1 Å². The molecule has 0 radical (unpaired) electrons. The maximum atomic E-state index is 13.5. The first-order valence-corrected chi connectivity index (χ1v) is 14.5. The van der Waals surface area contributed by atoms with E-state index in [-0.39, 0.29) is 23.9 Å². The Hall–Kier alpha value is -3.05. The van der Waals surface area contributed by atoms with Crippen molar-refractivity contribution in [3.8, 4) is 0 Å². The Labute approximate surface area is 232 Å². The van der Waals surface area contributed by atoms with Crippen LogP contribution >= 0.6 is 15.9 Å². The van der Waals surface area contributed by atoms with Crippen LogP contribution in [0, 0.1) is 6.92 Å². The summed E-state index contributed by atoms with van der Waals surface area (Å²) in [6.45, 7) is 4.66. The first kappa shape index (κ1) is 28.0. The molecule has 3 aromatic rings. The predicted octanol–water partition coefficient (Wildman–Crippen LogP) is 3.97. The summed E-state index contributed by atoms with van der Waals surface area (Å²) in [4.78, 5) is 29.9. The second kappa shape index (κ2) is 12.2. The van der Waals surface area contributed by atoms with Crippen LogP contribution in [0.25, 0.3) is 0 Å². The van der Waals surface area contributed by atoms with Crippen LogP contribution < -0.4 is 5.32 Å². The minimum Gasteiger partial charge on any atom is -0.336 e. The van der Waals surface area contributed by atoms with E-state index in [1.165, 1.54) is 16.4 Å². The summed E-state index contributed by atoms with van der Waals surface area (Å²) in [5, 5.41) is 2.77. The number of aryl methyl sites for hydroxylation is 1. The lowest BCUT2D eigenvalue weighted by molar-refractivity contribution is -0.116. The summed E-state index contributed by atoms with van der Waals surface area (Å²) in [7, 11) is -1.92. The number of hydrogen-bond acceptors (Lipinski definition) is 5. The lowest BCUT2D eigenvalue weighted by Crippen LogP contribution is -2.47. The molecule has 0 bridgehead atoms. The van der Waals surface area contributed by atoms with E-state index in [4.69, 9.17) is 0 Å². The van der Waals surface area contributed by atoms with E-state index < -0.39 is 15.9 Å². The molecule has 3 aromatic carbocycles. The van der Waals surface area contributed by atoms with E-state index in [0.29, 0.717) is 24.3 Å². The van der Waals surface area contributed by atoms with Crippen molar-refractivity contribution in [2.75, 3.05) is 45.1 Å². The van der Waals surface area contributed by atoms with Crippen molar-refractivity contribution >= 4 is 43.5 Å². The molecular weight excluding hydrogens is 568 g/mol. The Morgan fingerprint density at radius 2 is 1.50 bits per heavy atom. The van der Waals surface area contributed by atoms with Crippen molar-refractivity contribution in [2.24, 2.45) is 0 Å². The van der Waals surface area contributed by atoms with Crippen molar-refractivity contribution in [3.05, 3.63) is 94.0 Å². The fourth-order valence-electron chi connectivity index (χ4n) is 4.13. The average molecular weight is 600 g/mol. The third-order valence-corrected chi connectivity index (χ3v) is 8.79. The molecule has 0 spiro atoms. The maximum Gasteiger partial charge on any atom is 0.253 e. The van der Waals surface area contributed by atoms with Gasteiger partial charge in [0.1, 0.15) is 0 Å². The number of likely N-dealkylation sites (N-methyl/N-ethyl adjacent to an activating group) is 1. The van der Waals surface area contributed by atoms with Crippen LogP contribution in [0.5, 0.6) is 0 Å². The molecule has 2 amide bonds. The molecule has 0 atom stereocenters. The number of amides is 2. The number of hydrogen-bond donors (Lipinski definition) is 1. The van der Waals surface area contributed by atoms with Gasteiger partial charge in [-0.25, -0.2) is 8.42 Å². The molecule has 38 heavy (non-hydrogen) atoms. The second-order valence-corrected chi connectivity index (χ2v) is 12.3. The number of nitrogens with one attached hydrogen (secondary N) is 1. The number of halogens is 1. The van der Waals surface area contributed by atoms with Crippen molar-refractivity contribution in [1.29, 1.82) is 0 Å². The number of nitrogens with zero attached hydrogens (tertiary/aromatic N) is 3. The number of carbonyl (C=O) groups excluding carboxylic acids is 2. The zero-order chi connectivity index (χ0) is 27.3. The number of benzene rings is 3. The number of piperazine rings is 1. The largest absolute Gasteiger partial charge is 0.336 e. The van der Waals surface area contributed by atoms with E-state index in [0.717, 1.165) is 28.7 Å². The number of rotatable bonds is 8. The topological polar surface area (TPSA) is 90.0 Å². The van der Waals surface area contributed by atoms with Crippen LogP contribution in [0.2, 0.25) is 0 Å². The zero-order valence-electron chi connectivity index (χ0n) is 21.4. The van der Waals surface area contributed by atoms with E-state index in [2.05, 4.69) is 26.1 Å². The van der Waals surface area contributed by atoms with Gasteiger partial charge in [0.15, 0.2) is 0 Å². The fraction of sp³-hybridized carbons (Fsp3) is 0.286. The van der Waals surface area contributed by atoms with Crippen LogP contribution in [0.4, 0.5) is 5.69 Å². The average Bonchev–Trinajstić information content (AvgIpc) is 2.90. The molecule has 1 heterocycles. The monoisotopic (exact) mass is 598 g/mol. The minimum atomic E-state index is -3.95. The van der Waals surface area contributed by atoms with Crippen molar-refractivity contribution in [3.63, 3.8) is 0 Å². The molecule has 10 heteroatoms. The third-order valence-electron chi connectivity index (χ3n) is 6.46. The summed E-state index contributed by atoms with van der Waals surface area (Å²) < 4.78 is 28.9. The highest BCUT2D eigenvalue weighted by atomic mass is 79.9. The fourth-order valence-corrected chi connectivity index (χ4v) is 5.78. The molecule has 0 aliphatic carbocycles. The number of carbonyl (C=O) groups is 2. The maximum absolute atomic E-state index is 13.5. The number of sulfonamides is 1. The molecule has 0 unspecified atom stereocenters. The molecule has 1 aliphatic rings. The molecule has 1 N–H and O–H groups in total. The first-order chi connectivity index (χ1) is 18.1. The molecular formula is C28H31BrN4O4S. The van der Waals surface area contributed by atoms with Gasteiger partial charge < -0.3 is 15.1 Å². The standard InChI is InChI=1S/C28H31BrN4O4S/c1-21-3-5-22(6-4-21)19-33(38(36,37)26-13-9-24(29)10-14-26)20-27(34)30-25-11-7-23(8-12-25)28(35)32-17-15-31(2)16-18-32/h3-14H,15-20H2,1-2H3,(H,30,34). The lowest BCUT2D eigenvalue weighted by Gasteiger charge is -2.32. The van der Waals surface area contributed by atoms with Gasteiger partial charge in [0.05, 0.1) is 11.4 Å². The summed E-state index contributed by atoms with van der Waals surface area (Å²) in [5.41, 5.74) is 2.87. The molecule has 1 aliphatic heterocycles. The highest BCUT2D eigenvalue weighted by Gasteiger charge is 2.27. The highest BCUT2D eigenvalue weighted by molar-refractivity contribution is 9.10. The van der Waals surface area contributed by atoms with Gasteiger partial charge in [-0.05, 0) is 68.1 Å². The molecule has 4 rings (SSSR count). The zero-order valence-corrected chi connectivity index (χ0v) is 23.8. The van der Waals surface area contributed by atoms with E-state index in [1.807, 2.05) is 43.1 Å². The smallest absolute Gasteiger partial charge is 0.253 e. The Kier molecular flexibility index (Phi) is 8.99. The van der Waals surface area contributed by atoms with Gasteiger partial charge in [-0.1, -0.05) is 45.8 Å². The van der Waals surface area contributed by atoms with Gasteiger partial charge in [0.2, 0.25) is 15.9 Å². The van der Waals surface area contributed by atoms with Crippen molar-refractivity contribution in [2.45, 2.75) is 18.4 Å². The van der Waals surface area contributed by atoms with Gasteiger partial charge in [-0.3, -0.25) is 9.59 Å². The molecule has 1 fully saturated rings. The summed E-state index contributed by atoms with van der Waals surface area (Å²) in [6.07, 6.45) is 0. The molecule has 1 saturated heterocycles. The molecule has 0 aromatic heterocycles. The third kappa shape index (κ3) is 7.08. The SMILES string of the molecule is Cc1ccc(CN(CC(=O)Nc2ccc(C(=O)N3CCN(C)CC3)cc2)S(=O)(=O)c2ccc(Br)cc2)cc1. The Balaban J connectivity index is 1.47. The Morgan fingerprint density at radius 3 is 2.11 bits per heavy atom. The highest BCUT2D eigenvalue weighted by Crippen LogP contribution is 2.21. The van der Waals surface area contributed by atoms with Gasteiger partial charge in [0.25, 0.3) is 5.91 Å². The quantitative estimate of drug-likeness (QED) is 0.424. The second-order valence-electron chi connectivity index (χ2n) is 9.43. The molecule has 8 nitrogen and oxygen atoms in total. The summed E-state index contributed by atoms with van der Waals surface area (Å²) in [5.74, 6) is -0.517. The Bertz CT molecular complexity index is 1370. The van der Waals surface area contributed by atoms with Gasteiger partial charge in [-0.2, -0.15) is 4.31 Å². The van der Waals surface area contributed by atoms with Crippen molar-refractivity contribution < 1.29 is 18.0 Å². The van der Waals surface area contributed by atoms with Gasteiger partial charge >= 0.3 is 0 Å². The van der Waals surface area contributed by atoms with E-state index >= 15 is 0 Å². The predicted molar refractivity (Wildman–Crippen MR) is 151 cm³/mol. The van der Waals surface area contributed by atoms with Crippen LogP contribution in [0.3, 0.4) is 0 Å². The molecule has 200 valence electrons. The number of anilines is 1. The summed E-state index contributed by atoms with van der Waals surface area (Å²) in [6, 6.07) is 20.5. The van der Waals surface area contributed by atoms with Crippen LogP contribution in [0.1, 0.15) is 21.5 Å². The van der Waals surface area contributed by atoms with E-state index in [1.54, 1.807) is 36.4 Å². The van der Waals surface area contributed by atoms with Gasteiger partial charge in [0, 0.05) is 48.4 Å². The lowest BCUT2D eigenvalue weighted by atomic mass is 10.1. The van der Waals surface area contributed by atoms with Gasteiger partial charge in [-0.15, -0.1) is 0 Å². The normalized spacial score (nSPS) is 14.5. The van der Waals surface area contributed by atoms with Crippen LogP contribution in [0.15, 0.2) is 82.2 Å². The minimum absolute atomic E-state index is 0.0409.